The SMILES string of the molecule is Cc1ccc(-c2cc(N(c3ccc4ccccc4c3)c3ccc4ccccc4c3)c3ccc4c(-c5ccc(C)cc5)cc(N(c5ccc6ccccc6c5)c5ccc6ccccc6c5)c5ccc2c3c45)cc1. The van der Waals surface area contributed by atoms with Crippen molar-refractivity contribution in [1.82, 2.24) is 0 Å². The Hall–Kier alpha value is -9.24. The molecular formula is C70H48N2. The molecule has 0 aromatic heterocycles. The van der Waals surface area contributed by atoms with Gasteiger partial charge < -0.3 is 9.80 Å². The van der Waals surface area contributed by atoms with Crippen molar-refractivity contribution in [2.45, 2.75) is 13.8 Å². The molecule has 0 aliphatic carbocycles. The largest absolute Gasteiger partial charge is 0.310 e. The van der Waals surface area contributed by atoms with Crippen LogP contribution >= 0.6 is 0 Å². The van der Waals surface area contributed by atoms with E-state index in [2.05, 4.69) is 278 Å². The number of benzene rings is 14. The Balaban J connectivity index is 1.13. The van der Waals surface area contributed by atoms with E-state index in [9.17, 15) is 0 Å². The van der Waals surface area contributed by atoms with Crippen LogP contribution in [-0.4, -0.2) is 0 Å². The first-order valence-electron chi connectivity index (χ1n) is 25.0. The predicted octanol–water partition coefficient (Wildman–Crippen LogP) is 20.1. The molecule has 0 aliphatic rings. The van der Waals surface area contributed by atoms with E-state index in [4.69, 9.17) is 0 Å². The van der Waals surface area contributed by atoms with Crippen molar-refractivity contribution in [3.05, 3.63) is 266 Å². The molecule has 14 aromatic rings. The first-order chi connectivity index (χ1) is 35.5. The maximum atomic E-state index is 2.50. The molecule has 72 heavy (non-hydrogen) atoms. The van der Waals surface area contributed by atoms with Gasteiger partial charge in [-0.2, -0.15) is 0 Å². The Morgan fingerprint density at radius 2 is 0.514 bits per heavy atom. The van der Waals surface area contributed by atoms with Gasteiger partial charge in [0.25, 0.3) is 0 Å². The van der Waals surface area contributed by atoms with Gasteiger partial charge in [0.2, 0.25) is 0 Å². The lowest BCUT2D eigenvalue weighted by Gasteiger charge is -2.31. The van der Waals surface area contributed by atoms with Gasteiger partial charge in [-0.15, -0.1) is 0 Å². The molecule has 0 radical (unpaired) electrons. The molecule has 0 saturated carbocycles. The van der Waals surface area contributed by atoms with E-state index in [1.807, 2.05) is 0 Å². The molecule has 14 aromatic carbocycles. The van der Waals surface area contributed by atoms with Crippen LogP contribution in [0.5, 0.6) is 0 Å². The molecule has 0 bridgehead atoms. The van der Waals surface area contributed by atoms with Crippen LogP contribution in [0.1, 0.15) is 11.1 Å². The number of hydrogen-bond acceptors (Lipinski definition) is 2. The molecule has 0 saturated heterocycles. The monoisotopic (exact) mass is 916 g/mol. The van der Waals surface area contributed by atoms with E-state index in [0.717, 1.165) is 34.1 Å². The van der Waals surface area contributed by atoms with Crippen molar-refractivity contribution in [2.24, 2.45) is 0 Å². The minimum atomic E-state index is 1.11. The second kappa shape index (κ2) is 16.7. The zero-order valence-electron chi connectivity index (χ0n) is 40.1. The molecule has 0 aliphatic heterocycles. The Morgan fingerprint density at radius 1 is 0.236 bits per heavy atom. The first-order valence-corrected chi connectivity index (χ1v) is 25.0. The van der Waals surface area contributed by atoms with Crippen LogP contribution in [0.2, 0.25) is 0 Å². The number of nitrogens with zero attached hydrogens (tertiary/aromatic N) is 2. The minimum Gasteiger partial charge on any atom is -0.310 e. The smallest absolute Gasteiger partial charge is 0.0546 e. The van der Waals surface area contributed by atoms with Gasteiger partial charge in [0.1, 0.15) is 0 Å². The van der Waals surface area contributed by atoms with Gasteiger partial charge in [0, 0.05) is 44.3 Å². The van der Waals surface area contributed by atoms with Crippen LogP contribution in [-0.2, 0) is 0 Å². The van der Waals surface area contributed by atoms with Gasteiger partial charge in [-0.25, -0.2) is 0 Å². The van der Waals surface area contributed by atoms with E-state index in [0.29, 0.717) is 0 Å². The summed E-state index contributed by atoms with van der Waals surface area (Å²) in [4.78, 5) is 5.00. The number of fused-ring (bicyclic) bond motifs is 4. The highest BCUT2D eigenvalue weighted by atomic mass is 15.2. The fourth-order valence-corrected chi connectivity index (χ4v) is 11.4. The van der Waals surface area contributed by atoms with E-state index in [1.165, 1.54) is 109 Å². The Morgan fingerprint density at radius 3 is 0.819 bits per heavy atom. The van der Waals surface area contributed by atoms with Crippen molar-refractivity contribution in [3.63, 3.8) is 0 Å². The third-order valence-corrected chi connectivity index (χ3v) is 15.0. The summed E-state index contributed by atoms with van der Waals surface area (Å²) in [6.07, 6.45) is 0. The lowest BCUT2D eigenvalue weighted by Crippen LogP contribution is -2.12. The minimum absolute atomic E-state index is 1.11. The van der Waals surface area contributed by atoms with Gasteiger partial charge >= 0.3 is 0 Å². The fourth-order valence-electron chi connectivity index (χ4n) is 11.4. The number of aryl methyl sites for hydroxylation is 2. The predicted molar refractivity (Wildman–Crippen MR) is 310 cm³/mol. The molecule has 0 N–H and O–H groups in total. The van der Waals surface area contributed by atoms with Gasteiger partial charge in [0.05, 0.1) is 11.4 Å². The van der Waals surface area contributed by atoms with Crippen molar-refractivity contribution in [1.29, 1.82) is 0 Å². The van der Waals surface area contributed by atoms with Crippen molar-refractivity contribution >= 4 is 110 Å². The van der Waals surface area contributed by atoms with Gasteiger partial charge in [-0.3, -0.25) is 0 Å². The summed E-state index contributed by atoms with van der Waals surface area (Å²) in [6, 6.07) is 95.1. The summed E-state index contributed by atoms with van der Waals surface area (Å²) in [6.45, 7) is 4.34. The average molecular weight is 917 g/mol. The highest BCUT2D eigenvalue weighted by molar-refractivity contribution is 6.32. The zero-order chi connectivity index (χ0) is 47.9. The van der Waals surface area contributed by atoms with Gasteiger partial charge in [0.15, 0.2) is 0 Å². The number of anilines is 6. The maximum absolute atomic E-state index is 2.50. The lowest BCUT2D eigenvalue weighted by molar-refractivity contribution is 1.31. The van der Waals surface area contributed by atoms with Crippen molar-refractivity contribution in [3.8, 4) is 22.3 Å². The molecular weight excluding hydrogens is 869 g/mol. The second-order valence-electron chi connectivity index (χ2n) is 19.5. The number of hydrogen-bond donors (Lipinski definition) is 0. The molecule has 0 unspecified atom stereocenters. The normalized spacial score (nSPS) is 11.8. The number of rotatable bonds is 8. The van der Waals surface area contributed by atoms with Crippen molar-refractivity contribution < 1.29 is 0 Å². The first kappa shape index (κ1) is 41.7. The molecule has 0 spiro atoms. The second-order valence-corrected chi connectivity index (χ2v) is 19.5. The van der Waals surface area contributed by atoms with Crippen LogP contribution in [0.3, 0.4) is 0 Å². The molecule has 0 fully saturated rings. The lowest BCUT2D eigenvalue weighted by atomic mass is 9.85. The molecule has 14 rings (SSSR count). The third-order valence-electron chi connectivity index (χ3n) is 15.0. The summed E-state index contributed by atoms with van der Waals surface area (Å²) in [5.41, 5.74) is 13.9. The summed E-state index contributed by atoms with van der Waals surface area (Å²) >= 11 is 0. The van der Waals surface area contributed by atoms with Crippen LogP contribution in [0.4, 0.5) is 34.1 Å². The zero-order valence-corrected chi connectivity index (χ0v) is 40.1. The Kier molecular flexibility index (Phi) is 9.69. The van der Waals surface area contributed by atoms with Crippen LogP contribution in [0.25, 0.3) is 97.7 Å². The Labute approximate surface area is 419 Å². The molecule has 2 heteroatoms. The third kappa shape index (κ3) is 6.94. The van der Waals surface area contributed by atoms with Gasteiger partial charge in [-0.05, 0) is 151 Å². The topological polar surface area (TPSA) is 6.48 Å². The summed E-state index contributed by atoms with van der Waals surface area (Å²) in [5, 5.41) is 17.0. The molecule has 0 amide bonds. The van der Waals surface area contributed by atoms with Crippen molar-refractivity contribution in [2.75, 3.05) is 9.80 Å². The molecule has 2 nitrogen and oxygen atoms in total. The summed E-state index contributed by atoms with van der Waals surface area (Å²) in [7, 11) is 0. The van der Waals surface area contributed by atoms with E-state index >= 15 is 0 Å². The van der Waals surface area contributed by atoms with Crippen LogP contribution in [0.15, 0.2) is 255 Å². The van der Waals surface area contributed by atoms with Crippen LogP contribution < -0.4 is 9.80 Å². The van der Waals surface area contributed by atoms with E-state index in [-0.39, 0.29) is 0 Å². The average Bonchev–Trinajstić information content (AvgIpc) is 3.43. The fraction of sp³-hybridized carbons (Fsp3) is 0.0286. The standard InChI is InChI=1S/C70H48N2/c1-45-19-23-51(24-20-45)65-43-67(71(57-31-27-47-11-3-7-15-53(47)39-57)58-32-28-48-12-4-8-16-54(48)40-58)63-38-36-62-66(52-25-21-46(2)22-26-52)44-68(64-37-35-61(65)69(63)70(62)64)72(59-33-29-49-13-5-9-17-55(49)41-59)60-34-30-50-14-6-10-18-56(50)42-60/h3-44H,1-2H3. The molecule has 0 atom stereocenters. The molecule has 0 heterocycles. The summed E-state index contributed by atoms with van der Waals surface area (Å²) < 4.78 is 0. The van der Waals surface area contributed by atoms with Crippen LogP contribution in [0, 0.1) is 13.8 Å². The van der Waals surface area contributed by atoms with E-state index in [1.54, 1.807) is 0 Å². The summed E-state index contributed by atoms with van der Waals surface area (Å²) in [5.74, 6) is 0. The Bertz CT molecular complexity index is 3970. The van der Waals surface area contributed by atoms with E-state index < -0.39 is 0 Å². The highest BCUT2D eigenvalue weighted by Crippen LogP contribution is 2.53. The highest BCUT2D eigenvalue weighted by Gasteiger charge is 2.26. The van der Waals surface area contributed by atoms with Gasteiger partial charge in [-0.1, -0.05) is 205 Å². The maximum Gasteiger partial charge on any atom is 0.0546 e. The quantitative estimate of drug-likeness (QED) is 0.140. The molecule has 338 valence electrons.